The smallest absolute Gasteiger partial charge is 0.338 e. The number of methoxy groups -OCH3 is 2. The Bertz CT molecular complexity index is 1990. The molecule has 4 heterocycles. The molecular weight excluding hydrogens is 580 g/mol. The Kier molecular flexibility index (Phi) is 7.21. The van der Waals surface area contributed by atoms with E-state index in [1.807, 2.05) is 66.2 Å². The van der Waals surface area contributed by atoms with E-state index < -0.39 is 12.0 Å². The number of halogens is 1. The summed E-state index contributed by atoms with van der Waals surface area (Å²) in [6.45, 7) is 1.76. The Morgan fingerprint density at radius 2 is 1.90 bits per heavy atom. The first-order valence-electron chi connectivity index (χ1n) is 12.5. The van der Waals surface area contributed by atoms with Crippen LogP contribution in [0.4, 0.5) is 0 Å². The number of thiophene rings is 1. The molecule has 206 valence electrons. The van der Waals surface area contributed by atoms with Gasteiger partial charge < -0.3 is 9.47 Å². The van der Waals surface area contributed by atoms with Gasteiger partial charge in [-0.1, -0.05) is 47.2 Å². The van der Waals surface area contributed by atoms with Gasteiger partial charge in [-0.3, -0.25) is 9.36 Å². The zero-order valence-corrected chi connectivity index (χ0v) is 24.6. The van der Waals surface area contributed by atoms with Crippen molar-refractivity contribution < 1.29 is 14.3 Å². The summed E-state index contributed by atoms with van der Waals surface area (Å²) in [5.74, 6) is 0.0415. The maximum Gasteiger partial charge on any atom is 0.338 e. The molecule has 5 aromatic rings. The maximum atomic E-state index is 14.0. The largest absolute Gasteiger partial charge is 0.495 e. The number of hydrogen-bond acceptors (Lipinski definition) is 8. The van der Waals surface area contributed by atoms with E-state index in [9.17, 15) is 9.59 Å². The Morgan fingerprint density at radius 3 is 2.59 bits per heavy atom. The summed E-state index contributed by atoms with van der Waals surface area (Å²) in [6, 6.07) is 18.3. The molecule has 0 amide bonds. The molecule has 0 aliphatic carbocycles. The molecular formula is C30H23ClN4O4S2. The second-order valence-electron chi connectivity index (χ2n) is 9.15. The fourth-order valence-electron chi connectivity index (χ4n) is 4.79. The molecule has 11 heteroatoms. The predicted molar refractivity (Wildman–Crippen MR) is 161 cm³/mol. The number of carbonyl (C=O) groups excluding carboxylic acids is 1. The van der Waals surface area contributed by atoms with E-state index in [-0.39, 0.29) is 5.56 Å². The molecule has 1 aliphatic heterocycles. The summed E-state index contributed by atoms with van der Waals surface area (Å²) in [6.07, 6.45) is 3.69. The van der Waals surface area contributed by atoms with Crippen molar-refractivity contribution in [1.82, 2.24) is 14.3 Å². The minimum atomic E-state index is -0.632. The SMILES string of the molecule is COC(=O)C1=C(C)N=c2s/c(=C/c3cn(-c4ccccc4)nc3-c3ccc(OC)c(Cl)c3)c(=O)n2[C@H]1c1cccs1. The highest BCUT2D eigenvalue weighted by Gasteiger charge is 2.33. The Morgan fingerprint density at radius 1 is 1.10 bits per heavy atom. The van der Waals surface area contributed by atoms with Crippen LogP contribution in [0.15, 0.2) is 93.3 Å². The Balaban J connectivity index is 1.56. The number of nitrogens with zero attached hydrogens (tertiary/aromatic N) is 4. The molecule has 41 heavy (non-hydrogen) atoms. The molecule has 0 N–H and O–H groups in total. The first kappa shape index (κ1) is 26.9. The number of rotatable bonds is 6. The number of thiazole rings is 1. The minimum Gasteiger partial charge on any atom is -0.495 e. The summed E-state index contributed by atoms with van der Waals surface area (Å²) in [7, 11) is 2.89. The van der Waals surface area contributed by atoms with E-state index in [1.54, 1.807) is 35.4 Å². The van der Waals surface area contributed by atoms with Crippen molar-refractivity contribution >= 4 is 46.3 Å². The van der Waals surface area contributed by atoms with Gasteiger partial charge in [0.05, 0.1) is 40.7 Å². The molecule has 0 spiro atoms. The molecule has 3 aromatic heterocycles. The van der Waals surface area contributed by atoms with Crippen LogP contribution in [0.1, 0.15) is 23.4 Å². The number of benzene rings is 2. The molecule has 6 rings (SSSR count). The second-order valence-corrected chi connectivity index (χ2v) is 11.5. The summed E-state index contributed by atoms with van der Waals surface area (Å²) in [5, 5.41) is 7.23. The average molecular weight is 603 g/mol. The van der Waals surface area contributed by atoms with Gasteiger partial charge in [0.2, 0.25) is 0 Å². The third-order valence-electron chi connectivity index (χ3n) is 6.71. The van der Waals surface area contributed by atoms with E-state index in [2.05, 4.69) is 4.99 Å². The Hall–Kier alpha value is -4.25. The van der Waals surface area contributed by atoms with Crippen LogP contribution in [0.5, 0.6) is 5.75 Å². The highest BCUT2D eigenvalue weighted by Crippen LogP contribution is 2.34. The highest BCUT2D eigenvalue weighted by molar-refractivity contribution is 7.10. The van der Waals surface area contributed by atoms with Crippen molar-refractivity contribution in [2.24, 2.45) is 4.99 Å². The summed E-state index contributed by atoms with van der Waals surface area (Å²) in [5.41, 5.74) is 3.61. The molecule has 0 saturated carbocycles. The lowest BCUT2D eigenvalue weighted by atomic mass is 10.0. The summed E-state index contributed by atoms with van der Waals surface area (Å²) in [4.78, 5) is 32.8. The standard InChI is InChI=1S/C30H23ClN4O4S2/c1-17-25(29(37)39-3)27(23-10-7-13-40-23)35-28(36)24(41-30(35)32-17)15-19-16-34(20-8-5-4-6-9-20)33-26(19)18-11-12-22(38-2)21(31)14-18/h4-16,27H,1-3H3/b24-15+/t27-/m0/s1. The number of allylic oxidation sites excluding steroid dienone is 1. The van der Waals surface area contributed by atoms with E-state index in [1.165, 1.54) is 29.8 Å². The molecule has 0 fully saturated rings. The van der Waals surface area contributed by atoms with Crippen LogP contribution in [0.25, 0.3) is 23.0 Å². The third kappa shape index (κ3) is 4.84. The lowest BCUT2D eigenvalue weighted by Gasteiger charge is -2.22. The van der Waals surface area contributed by atoms with Crippen molar-refractivity contribution in [3.63, 3.8) is 0 Å². The Labute approximate surface area is 247 Å². The lowest BCUT2D eigenvalue weighted by Crippen LogP contribution is -2.39. The molecule has 2 aromatic carbocycles. The zero-order chi connectivity index (χ0) is 28.7. The van der Waals surface area contributed by atoms with Gasteiger partial charge in [-0.2, -0.15) is 5.10 Å². The maximum absolute atomic E-state index is 14.0. The quantitative estimate of drug-likeness (QED) is 0.256. The number of ether oxygens (including phenoxy) is 2. The van der Waals surface area contributed by atoms with Crippen molar-refractivity contribution in [1.29, 1.82) is 0 Å². The van der Waals surface area contributed by atoms with E-state index >= 15 is 0 Å². The lowest BCUT2D eigenvalue weighted by molar-refractivity contribution is -0.136. The minimum absolute atomic E-state index is 0.257. The number of carbonyl (C=O) groups is 1. The molecule has 0 radical (unpaired) electrons. The van der Waals surface area contributed by atoms with E-state index in [4.69, 9.17) is 26.2 Å². The number of hydrogen-bond donors (Lipinski definition) is 0. The first-order chi connectivity index (χ1) is 19.9. The molecule has 0 bridgehead atoms. The van der Waals surface area contributed by atoms with Crippen LogP contribution in [-0.4, -0.2) is 34.5 Å². The van der Waals surface area contributed by atoms with Gasteiger partial charge in [0.15, 0.2) is 4.80 Å². The number of fused-ring (bicyclic) bond motifs is 1. The van der Waals surface area contributed by atoms with Gasteiger partial charge >= 0.3 is 5.97 Å². The zero-order valence-electron chi connectivity index (χ0n) is 22.2. The average Bonchev–Trinajstić information content (AvgIpc) is 3.73. The van der Waals surface area contributed by atoms with Crippen LogP contribution in [0, 0.1) is 0 Å². The molecule has 1 aliphatic rings. The van der Waals surface area contributed by atoms with Gasteiger partial charge in [-0.25, -0.2) is 14.5 Å². The number of esters is 1. The van der Waals surface area contributed by atoms with Gasteiger partial charge in [0.1, 0.15) is 17.5 Å². The van der Waals surface area contributed by atoms with Crippen molar-refractivity contribution in [3.05, 3.63) is 119 Å². The molecule has 8 nitrogen and oxygen atoms in total. The van der Waals surface area contributed by atoms with E-state index in [0.29, 0.717) is 37.1 Å². The monoisotopic (exact) mass is 602 g/mol. The van der Waals surface area contributed by atoms with Crippen LogP contribution < -0.4 is 19.6 Å². The van der Waals surface area contributed by atoms with E-state index in [0.717, 1.165) is 21.7 Å². The van der Waals surface area contributed by atoms with Crippen molar-refractivity contribution in [2.75, 3.05) is 14.2 Å². The van der Waals surface area contributed by atoms with Crippen LogP contribution in [0.2, 0.25) is 5.02 Å². The second kappa shape index (κ2) is 11.0. The molecule has 0 unspecified atom stereocenters. The van der Waals surface area contributed by atoms with Crippen LogP contribution in [-0.2, 0) is 9.53 Å². The topological polar surface area (TPSA) is 87.7 Å². The number of aromatic nitrogens is 3. The highest BCUT2D eigenvalue weighted by atomic mass is 35.5. The third-order valence-corrected chi connectivity index (χ3v) is 8.92. The fraction of sp³-hybridized carbons (Fsp3) is 0.133. The summed E-state index contributed by atoms with van der Waals surface area (Å²) < 4.78 is 14.2. The normalized spacial score (nSPS) is 15.0. The van der Waals surface area contributed by atoms with Crippen LogP contribution in [0.3, 0.4) is 0 Å². The number of para-hydroxylation sites is 1. The fourth-order valence-corrected chi connectivity index (χ4v) is 6.91. The van der Waals surface area contributed by atoms with Crippen molar-refractivity contribution in [3.8, 4) is 22.7 Å². The molecule has 1 atom stereocenters. The van der Waals surface area contributed by atoms with Crippen molar-refractivity contribution in [2.45, 2.75) is 13.0 Å². The summed E-state index contributed by atoms with van der Waals surface area (Å²) >= 11 is 9.20. The van der Waals surface area contributed by atoms with Gasteiger partial charge in [0, 0.05) is 22.2 Å². The predicted octanol–water partition coefficient (Wildman–Crippen LogP) is 4.98. The van der Waals surface area contributed by atoms with Gasteiger partial charge in [-0.05, 0) is 54.8 Å². The van der Waals surface area contributed by atoms with Gasteiger partial charge in [-0.15, -0.1) is 11.3 Å². The van der Waals surface area contributed by atoms with Gasteiger partial charge in [0.25, 0.3) is 5.56 Å². The van der Waals surface area contributed by atoms with Crippen LogP contribution >= 0.6 is 34.3 Å². The first-order valence-corrected chi connectivity index (χ1v) is 14.6. The molecule has 0 saturated heterocycles.